The van der Waals surface area contributed by atoms with E-state index in [9.17, 15) is 13.2 Å². The summed E-state index contributed by atoms with van der Waals surface area (Å²) in [7, 11) is 0. The van der Waals surface area contributed by atoms with Crippen molar-refractivity contribution in [3.05, 3.63) is 70.8 Å². The van der Waals surface area contributed by atoms with Crippen molar-refractivity contribution in [2.45, 2.75) is 6.18 Å². The van der Waals surface area contributed by atoms with Crippen molar-refractivity contribution in [1.82, 2.24) is 0 Å². The Labute approximate surface area is 126 Å². The second-order valence-corrected chi connectivity index (χ2v) is 4.79. The molecule has 2 aromatic rings. The first kappa shape index (κ1) is 15.4. The summed E-state index contributed by atoms with van der Waals surface area (Å²) in [5, 5.41) is 3.03. The highest BCUT2D eigenvalue weighted by Gasteiger charge is 2.30. The topological polar surface area (TPSA) is 12.0 Å². The van der Waals surface area contributed by atoms with Gasteiger partial charge in [-0.3, -0.25) is 0 Å². The molecule has 0 aliphatic heterocycles. The van der Waals surface area contributed by atoms with E-state index in [2.05, 4.69) is 5.32 Å². The van der Waals surface area contributed by atoms with Crippen LogP contribution in [0, 0.1) is 0 Å². The van der Waals surface area contributed by atoms with E-state index in [1.54, 1.807) is 0 Å². The van der Waals surface area contributed by atoms with E-state index < -0.39 is 11.7 Å². The van der Waals surface area contributed by atoms with E-state index in [1.165, 1.54) is 6.07 Å². The number of hydrogen-bond donors (Lipinski definition) is 1. The van der Waals surface area contributed by atoms with Gasteiger partial charge >= 0.3 is 6.18 Å². The van der Waals surface area contributed by atoms with Crippen molar-refractivity contribution in [2.75, 3.05) is 11.9 Å². The van der Waals surface area contributed by atoms with Gasteiger partial charge in [0.15, 0.2) is 0 Å². The molecule has 0 spiro atoms. The quantitative estimate of drug-likeness (QED) is 0.788. The molecule has 0 heterocycles. The van der Waals surface area contributed by atoms with Gasteiger partial charge < -0.3 is 5.32 Å². The van der Waals surface area contributed by atoms with Crippen molar-refractivity contribution in [3.63, 3.8) is 0 Å². The van der Waals surface area contributed by atoms with Gasteiger partial charge in [0.05, 0.1) is 16.3 Å². The normalized spacial score (nSPS) is 11.8. The van der Waals surface area contributed by atoms with Crippen LogP contribution in [0.2, 0.25) is 5.02 Å². The molecule has 2 aromatic carbocycles. The van der Waals surface area contributed by atoms with Gasteiger partial charge in [0.2, 0.25) is 0 Å². The summed E-state index contributed by atoms with van der Waals surface area (Å²) in [5.74, 6) is 0. The van der Waals surface area contributed by atoms with Crippen molar-refractivity contribution in [3.8, 4) is 0 Å². The molecule has 0 atom stereocenters. The van der Waals surface area contributed by atoms with E-state index in [-0.39, 0.29) is 5.02 Å². The fourth-order valence-corrected chi connectivity index (χ4v) is 2.01. The molecule has 110 valence electrons. The van der Waals surface area contributed by atoms with Gasteiger partial charge in [-0.1, -0.05) is 54.1 Å². The van der Waals surface area contributed by atoms with Crippen LogP contribution in [0.4, 0.5) is 18.9 Å². The van der Waals surface area contributed by atoms with Crippen molar-refractivity contribution in [2.24, 2.45) is 0 Å². The molecule has 0 bridgehead atoms. The molecule has 5 heteroatoms. The van der Waals surface area contributed by atoms with Gasteiger partial charge in [0.1, 0.15) is 0 Å². The number of halogens is 4. The Morgan fingerprint density at radius 2 is 1.76 bits per heavy atom. The standard InChI is InChI=1S/C16H13ClF3N/c17-14-11-13(16(18,19)20)8-9-15(14)21-10-4-7-12-5-2-1-3-6-12/h1-9,11,21H,10H2. The molecule has 0 aromatic heterocycles. The molecule has 0 aliphatic carbocycles. The minimum atomic E-state index is -4.38. The Morgan fingerprint density at radius 3 is 2.38 bits per heavy atom. The van der Waals surface area contributed by atoms with Crippen LogP contribution in [0.5, 0.6) is 0 Å². The summed E-state index contributed by atoms with van der Waals surface area (Å²) in [5.41, 5.74) is 0.776. The zero-order valence-electron chi connectivity index (χ0n) is 11.0. The summed E-state index contributed by atoms with van der Waals surface area (Å²) < 4.78 is 37.5. The smallest absolute Gasteiger partial charge is 0.380 e. The van der Waals surface area contributed by atoms with Gasteiger partial charge in [-0.05, 0) is 23.8 Å². The molecule has 1 N–H and O–H groups in total. The highest BCUT2D eigenvalue weighted by atomic mass is 35.5. The second kappa shape index (κ2) is 6.68. The van der Waals surface area contributed by atoms with Crippen LogP contribution in [-0.2, 0) is 6.18 Å². The number of anilines is 1. The lowest BCUT2D eigenvalue weighted by molar-refractivity contribution is -0.137. The highest BCUT2D eigenvalue weighted by molar-refractivity contribution is 6.33. The van der Waals surface area contributed by atoms with Crippen LogP contribution in [0.25, 0.3) is 6.08 Å². The molecule has 21 heavy (non-hydrogen) atoms. The third-order valence-electron chi connectivity index (χ3n) is 2.82. The molecular formula is C16H13ClF3N. The van der Waals surface area contributed by atoms with E-state index in [4.69, 9.17) is 11.6 Å². The van der Waals surface area contributed by atoms with Gasteiger partial charge in [0, 0.05) is 6.54 Å². The van der Waals surface area contributed by atoms with Crippen LogP contribution < -0.4 is 5.32 Å². The Bertz CT molecular complexity index is 621. The summed E-state index contributed by atoms with van der Waals surface area (Å²) >= 11 is 5.84. The van der Waals surface area contributed by atoms with E-state index in [0.717, 1.165) is 17.7 Å². The first-order valence-electron chi connectivity index (χ1n) is 6.29. The third kappa shape index (κ3) is 4.53. The monoisotopic (exact) mass is 311 g/mol. The Kier molecular flexibility index (Phi) is 4.91. The lowest BCUT2D eigenvalue weighted by atomic mass is 10.2. The molecule has 0 saturated carbocycles. The number of rotatable bonds is 4. The highest BCUT2D eigenvalue weighted by Crippen LogP contribution is 2.33. The second-order valence-electron chi connectivity index (χ2n) is 4.39. The first-order valence-corrected chi connectivity index (χ1v) is 6.67. The molecule has 2 rings (SSSR count). The maximum absolute atomic E-state index is 12.5. The van der Waals surface area contributed by atoms with E-state index in [1.807, 2.05) is 42.5 Å². The molecule has 0 saturated heterocycles. The number of nitrogens with one attached hydrogen (secondary N) is 1. The maximum atomic E-state index is 12.5. The SMILES string of the molecule is FC(F)(F)c1ccc(NCC=Cc2ccccc2)c(Cl)c1. The minimum Gasteiger partial charge on any atom is -0.380 e. The fourth-order valence-electron chi connectivity index (χ4n) is 1.76. The summed E-state index contributed by atoms with van der Waals surface area (Å²) in [4.78, 5) is 0. The lowest BCUT2D eigenvalue weighted by Crippen LogP contribution is -2.06. The van der Waals surface area contributed by atoms with Crippen molar-refractivity contribution < 1.29 is 13.2 Å². The predicted octanol–water partition coefficient (Wildman–Crippen LogP) is 5.48. The summed E-state index contributed by atoms with van der Waals surface area (Å²) in [6.45, 7) is 0.472. The molecule has 0 aliphatic rings. The maximum Gasteiger partial charge on any atom is 0.416 e. The van der Waals surface area contributed by atoms with Crippen molar-refractivity contribution in [1.29, 1.82) is 0 Å². The molecule has 0 fully saturated rings. The molecule has 0 unspecified atom stereocenters. The van der Waals surface area contributed by atoms with Crippen LogP contribution in [-0.4, -0.2) is 6.54 Å². The summed E-state index contributed by atoms with van der Waals surface area (Å²) in [6.07, 6.45) is -0.580. The molecule has 0 amide bonds. The van der Waals surface area contributed by atoms with Crippen LogP contribution in [0.15, 0.2) is 54.6 Å². The van der Waals surface area contributed by atoms with Crippen LogP contribution >= 0.6 is 11.6 Å². The van der Waals surface area contributed by atoms with E-state index in [0.29, 0.717) is 12.2 Å². The lowest BCUT2D eigenvalue weighted by Gasteiger charge is -2.10. The van der Waals surface area contributed by atoms with Gasteiger partial charge in [-0.15, -0.1) is 0 Å². The fraction of sp³-hybridized carbons (Fsp3) is 0.125. The number of alkyl halides is 3. The average Bonchev–Trinajstić information content (AvgIpc) is 2.45. The first-order chi connectivity index (χ1) is 9.97. The van der Waals surface area contributed by atoms with Crippen LogP contribution in [0.3, 0.4) is 0 Å². The third-order valence-corrected chi connectivity index (χ3v) is 3.13. The minimum absolute atomic E-state index is 0.0536. The van der Waals surface area contributed by atoms with Gasteiger partial charge in [-0.25, -0.2) is 0 Å². The Morgan fingerprint density at radius 1 is 1.05 bits per heavy atom. The predicted molar refractivity (Wildman–Crippen MR) is 80.4 cm³/mol. The number of benzene rings is 2. The summed E-state index contributed by atoms with van der Waals surface area (Å²) in [6, 6.07) is 13.0. The van der Waals surface area contributed by atoms with E-state index >= 15 is 0 Å². The zero-order valence-corrected chi connectivity index (χ0v) is 11.7. The zero-order chi connectivity index (χ0) is 15.3. The van der Waals surface area contributed by atoms with Gasteiger partial charge in [0.25, 0.3) is 0 Å². The number of hydrogen-bond acceptors (Lipinski definition) is 1. The van der Waals surface area contributed by atoms with Gasteiger partial charge in [-0.2, -0.15) is 13.2 Å². The average molecular weight is 312 g/mol. The Balaban J connectivity index is 1.96. The van der Waals surface area contributed by atoms with Crippen LogP contribution in [0.1, 0.15) is 11.1 Å². The molecule has 0 radical (unpaired) electrons. The molecule has 1 nitrogen and oxygen atoms in total. The Hall–Kier alpha value is -1.94. The molecular weight excluding hydrogens is 299 g/mol. The largest absolute Gasteiger partial charge is 0.416 e. The van der Waals surface area contributed by atoms with Crippen molar-refractivity contribution >= 4 is 23.4 Å².